The summed E-state index contributed by atoms with van der Waals surface area (Å²) >= 11 is 0. The van der Waals surface area contributed by atoms with E-state index in [-0.39, 0.29) is 5.91 Å². The predicted octanol–water partition coefficient (Wildman–Crippen LogP) is 4.31. The van der Waals surface area contributed by atoms with Crippen molar-refractivity contribution in [3.63, 3.8) is 0 Å². The Kier molecular flexibility index (Phi) is 4.07. The lowest BCUT2D eigenvalue weighted by atomic mass is 10.2. The number of pyridine rings is 1. The van der Waals surface area contributed by atoms with Gasteiger partial charge in [0.1, 0.15) is 11.5 Å². The van der Waals surface area contributed by atoms with Crippen LogP contribution in [-0.2, 0) is 0 Å². The molecular weight excluding hydrogens is 328 g/mol. The zero-order chi connectivity index (χ0) is 17.9. The first-order valence-corrected chi connectivity index (χ1v) is 8.13. The summed E-state index contributed by atoms with van der Waals surface area (Å²) in [5.74, 6) is 1.52. The van der Waals surface area contributed by atoms with Crippen LogP contribution in [0.25, 0.3) is 11.0 Å². The molecular formula is C20H16N4O2. The van der Waals surface area contributed by atoms with Crippen LogP contribution >= 0.6 is 0 Å². The van der Waals surface area contributed by atoms with Gasteiger partial charge in [0.25, 0.3) is 5.91 Å². The number of aryl methyl sites for hydroxylation is 1. The lowest BCUT2D eigenvalue weighted by Crippen LogP contribution is -2.12. The standard InChI is InChI=1S/C20H16N4O2/c1-13-2-7-17-18(12-13)23-20(22-17)24-19(25)14-3-5-15(6-4-14)26-16-8-10-21-11-9-16/h2-12H,1H3,(H2,22,23,24,25). The van der Waals surface area contributed by atoms with Gasteiger partial charge in [-0.15, -0.1) is 0 Å². The molecule has 6 nitrogen and oxygen atoms in total. The Morgan fingerprint density at radius 2 is 1.73 bits per heavy atom. The number of hydrogen-bond donors (Lipinski definition) is 2. The van der Waals surface area contributed by atoms with Crippen molar-refractivity contribution in [2.24, 2.45) is 0 Å². The van der Waals surface area contributed by atoms with E-state index in [2.05, 4.69) is 20.3 Å². The maximum absolute atomic E-state index is 12.4. The highest BCUT2D eigenvalue weighted by atomic mass is 16.5. The fourth-order valence-corrected chi connectivity index (χ4v) is 2.58. The summed E-state index contributed by atoms with van der Waals surface area (Å²) in [4.78, 5) is 23.8. The summed E-state index contributed by atoms with van der Waals surface area (Å²) in [6.07, 6.45) is 3.32. The molecule has 0 saturated heterocycles. The lowest BCUT2D eigenvalue weighted by Gasteiger charge is -2.06. The molecule has 0 saturated carbocycles. The second-order valence-electron chi connectivity index (χ2n) is 5.87. The fourth-order valence-electron chi connectivity index (χ4n) is 2.58. The van der Waals surface area contributed by atoms with Gasteiger partial charge in [0.05, 0.1) is 11.0 Å². The molecule has 2 aromatic carbocycles. The second-order valence-corrected chi connectivity index (χ2v) is 5.87. The van der Waals surface area contributed by atoms with E-state index in [1.807, 2.05) is 25.1 Å². The number of carbonyl (C=O) groups is 1. The smallest absolute Gasteiger partial charge is 0.257 e. The van der Waals surface area contributed by atoms with Gasteiger partial charge in [0.15, 0.2) is 0 Å². The van der Waals surface area contributed by atoms with E-state index in [1.54, 1.807) is 48.8 Å². The third-order valence-electron chi connectivity index (χ3n) is 3.87. The molecule has 4 rings (SSSR count). The van der Waals surface area contributed by atoms with Crippen molar-refractivity contribution in [2.45, 2.75) is 6.92 Å². The zero-order valence-electron chi connectivity index (χ0n) is 14.1. The Bertz CT molecular complexity index is 1060. The van der Waals surface area contributed by atoms with Crippen molar-refractivity contribution in [2.75, 3.05) is 5.32 Å². The number of imidazole rings is 1. The highest BCUT2D eigenvalue weighted by Gasteiger charge is 2.10. The Labute approximate surface area is 149 Å². The van der Waals surface area contributed by atoms with E-state index in [9.17, 15) is 4.79 Å². The molecule has 0 aliphatic rings. The van der Waals surface area contributed by atoms with Crippen LogP contribution in [0.3, 0.4) is 0 Å². The van der Waals surface area contributed by atoms with E-state index in [1.165, 1.54) is 0 Å². The number of hydrogen-bond acceptors (Lipinski definition) is 4. The summed E-state index contributed by atoms with van der Waals surface area (Å²) in [6, 6.07) is 16.3. The van der Waals surface area contributed by atoms with Gasteiger partial charge in [0.2, 0.25) is 5.95 Å². The third-order valence-corrected chi connectivity index (χ3v) is 3.87. The van der Waals surface area contributed by atoms with Crippen LogP contribution in [-0.4, -0.2) is 20.9 Å². The average molecular weight is 344 g/mol. The van der Waals surface area contributed by atoms with Crippen LogP contribution in [0.2, 0.25) is 0 Å². The van der Waals surface area contributed by atoms with Crippen LogP contribution in [0, 0.1) is 6.92 Å². The van der Waals surface area contributed by atoms with E-state index >= 15 is 0 Å². The van der Waals surface area contributed by atoms with Gasteiger partial charge in [-0.1, -0.05) is 6.07 Å². The van der Waals surface area contributed by atoms with Gasteiger partial charge < -0.3 is 9.72 Å². The first-order chi connectivity index (χ1) is 12.7. The second kappa shape index (κ2) is 6.68. The number of aromatic nitrogens is 3. The Morgan fingerprint density at radius 3 is 2.50 bits per heavy atom. The molecule has 0 aliphatic heterocycles. The molecule has 1 amide bonds. The van der Waals surface area contributed by atoms with Crippen LogP contribution in [0.5, 0.6) is 11.5 Å². The average Bonchev–Trinajstić information content (AvgIpc) is 3.04. The van der Waals surface area contributed by atoms with E-state index in [0.717, 1.165) is 16.6 Å². The number of nitrogens with one attached hydrogen (secondary N) is 2. The Hall–Kier alpha value is -3.67. The summed E-state index contributed by atoms with van der Waals surface area (Å²) in [5, 5.41) is 2.78. The molecule has 26 heavy (non-hydrogen) atoms. The molecule has 0 fully saturated rings. The summed E-state index contributed by atoms with van der Waals surface area (Å²) in [5.41, 5.74) is 3.35. The van der Waals surface area contributed by atoms with Gasteiger partial charge >= 0.3 is 0 Å². The predicted molar refractivity (Wildman–Crippen MR) is 99.5 cm³/mol. The molecule has 6 heteroatoms. The highest BCUT2D eigenvalue weighted by Crippen LogP contribution is 2.21. The Morgan fingerprint density at radius 1 is 1.00 bits per heavy atom. The molecule has 2 aromatic heterocycles. The molecule has 0 atom stereocenters. The highest BCUT2D eigenvalue weighted by molar-refractivity contribution is 6.04. The van der Waals surface area contributed by atoms with Crippen molar-refractivity contribution >= 4 is 22.9 Å². The van der Waals surface area contributed by atoms with Gasteiger partial charge in [-0.05, 0) is 61.0 Å². The maximum atomic E-state index is 12.4. The number of benzene rings is 2. The number of H-pyrrole nitrogens is 1. The quantitative estimate of drug-likeness (QED) is 0.578. The molecule has 2 N–H and O–H groups in total. The molecule has 128 valence electrons. The number of aromatic amines is 1. The SMILES string of the molecule is Cc1ccc2nc(NC(=O)c3ccc(Oc4ccncc4)cc3)[nH]c2c1. The van der Waals surface area contributed by atoms with Crippen molar-refractivity contribution in [3.05, 3.63) is 78.1 Å². The van der Waals surface area contributed by atoms with Gasteiger partial charge in [0, 0.05) is 18.0 Å². The van der Waals surface area contributed by atoms with Crippen molar-refractivity contribution in [1.82, 2.24) is 15.0 Å². The molecule has 2 heterocycles. The van der Waals surface area contributed by atoms with Crippen LogP contribution in [0.1, 0.15) is 15.9 Å². The minimum Gasteiger partial charge on any atom is -0.457 e. The number of carbonyl (C=O) groups excluding carboxylic acids is 1. The molecule has 0 unspecified atom stereocenters. The fraction of sp³-hybridized carbons (Fsp3) is 0.0500. The number of amides is 1. The van der Waals surface area contributed by atoms with Crippen LogP contribution in [0.15, 0.2) is 67.0 Å². The van der Waals surface area contributed by atoms with Gasteiger partial charge in [-0.25, -0.2) is 4.98 Å². The summed E-state index contributed by atoms with van der Waals surface area (Å²) in [7, 11) is 0. The summed E-state index contributed by atoms with van der Waals surface area (Å²) < 4.78 is 5.69. The van der Waals surface area contributed by atoms with Crippen LogP contribution in [0.4, 0.5) is 5.95 Å². The summed E-state index contributed by atoms with van der Waals surface area (Å²) in [6.45, 7) is 2.01. The maximum Gasteiger partial charge on any atom is 0.257 e. The van der Waals surface area contributed by atoms with Crippen LogP contribution < -0.4 is 10.1 Å². The van der Waals surface area contributed by atoms with Crippen molar-refractivity contribution < 1.29 is 9.53 Å². The Balaban J connectivity index is 1.47. The minimum absolute atomic E-state index is 0.240. The van der Waals surface area contributed by atoms with Gasteiger partial charge in [-0.3, -0.25) is 15.1 Å². The normalized spacial score (nSPS) is 10.7. The largest absolute Gasteiger partial charge is 0.457 e. The van der Waals surface area contributed by atoms with E-state index in [4.69, 9.17) is 4.74 Å². The van der Waals surface area contributed by atoms with Gasteiger partial charge in [-0.2, -0.15) is 0 Å². The number of rotatable bonds is 4. The molecule has 0 bridgehead atoms. The first-order valence-electron chi connectivity index (χ1n) is 8.13. The lowest BCUT2D eigenvalue weighted by molar-refractivity contribution is 0.102. The molecule has 0 spiro atoms. The molecule has 4 aromatic rings. The molecule has 0 radical (unpaired) electrons. The minimum atomic E-state index is -0.240. The molecule has 0 aliphatic carbocycles. The van der Waals surface area contributed by atoms with E-state index < -0.39 is 0 Å². The topological polar surface area (TPSA) is 79.9 Å². The third kappa shape index (κ3) is 3.39. The first kappa shape index (κ1) is 15.8. The monoisotopic (exact) mass is 344 g/mol. The number of nitrogens with zero attached hydrogens (tertiary/aromatic N) is 2. The number of anilines is 1. The van der Waals surface area contributed by atoms with Crippen molar-refractivity contribution in [3.8, 4) is 11.5 Å². The zero-order valence-corrected chi connectivity index (χ0v) is 14.1. The number of fused-ring (bicyclic) bond motifs is 1. The van der Waals surface area contributed by atoms with E-state index in [0.29, 0.717) is 23.0 Å². The number of ether oxygens (including phenoxy) is 1. The van der Waals surface area contributed by atoms with Crippen molar-refractivity contribution in [1.29, 1.82) is 0 Å².